The van der Waals surface area contributed by atoms with Crippen LogP contribution in [0.5, 0.6) is 0 Å². The van der Waals surface area contributed by atoms with Gasteiger partial charge < -0.3 is 14.8 Å². The van der Waals surface area contributed by atoms with Crippen molar-refractivity contribution >= 4 is 34.2 Å². The average Bonchev–Trinajstić information content (AvgIpc) is 2.94. The molecule has 0 spiro atoms. The van der Waals surface area contributed by atoms with Gasteiger partial charge in [-0.2, -0.15) is 0 Å². The maximum Gasteiger partial charge on any atom is 0.341 e. The summed E-state index contributed by atoms with van der Waals surface area (Å²) >= 11 is 1.30. The van der Waals surface area contributed by atoms with Crippen molar-refractivity contribution in [2.75, 3.05) is 18.5 Å². The van der Waals surface area contributed by atoms with Crippen molar-refractivity contribution in [2.24, 2.45) is 0 Å². The lowest BCUT2D eigenvalue weighted by molar-refractivity contribution is -0.142. The van der Waals surface area contributed by atoms with E-state index in [1.807, 2.05) is 13.8 Å². The zero-order valence-corrected chi connectivity index (χ0v) is 14.3. The second kappa shape index (κ2) is 9.78. The highest BCUT2D eigenvalue weighted by Crippen LogP contribution is 2.29. The summed E-state index contributed by atoms with van der Waals surface area (Å²) in [6.45, 7) is 5.40. The Kier molecular flexibility index (Phi) is 8.04. The minimum atomic E-state index is -0.576. The van der Waals surface area contributed by atoms with E-state index in [2.05, 4.69) is 5.32 Å². The predicted octanol–water partition coefficient (Wildman–Crippen LogP) is 2.94. The van der Waals surface area contributed by atoms with E-state index in [4.69, 9.17) is 9.47 Å². The van der Waals surface area contributed by atoms with Crippen LogP contribution in [0.15, 0.2) is 18.2 Å². The molecule has 1 amide bonds. The van der Waals surface area contributed by atoms with Crippen LogP contribution in [0.4, 0.5) is 5.00 Å². The van der Waals surface area contributed by atoms with Gasteiger partial charge in [0.25, 0.3) is 5.91 Å². The Morgan fingerprint density at radius 1 is 1.22 bits per heavy atom. The van der Waals surface area contributed by atoms with Crippen LogP contribution in [0.1, 0.15) is 42.4 Å². The number of nitrogens with one attached hydrogen (secondary N) is 1. The minimum Gasteiger partial charge on any atom is -0.462 e. The summed E-state index contributed by atoms with van der Waals surface area (Å²) in [6, 6.07) is 1.70. The minimum absolute atomic E-state index is 0.255. The Morgan fingerprint density at radius 3 is 2.57 bits per heavy atom. The van der Waals surface area contributed by atoms with Crippen molar-refractivity contribution in [3.05, 3.63) is 28.7 Å². The number of ether oxygens (including phenoxy) is 2. The molecule has 1 heterocycles. The second-order valence-corrected chi connectivity index (χ2v) is 5.63. The SMILES string of the molecule is CC/C=C/C(=O)OCC(=O)Nc1sc(CC)cc1C(=O)OCC. The highest BCUT2D eigenvalue weighted by molar-refractivity contribution is 7.16. The number of carbonyl (C=O) groups is 3. The molecule has 0 aromatic carbocycles. The topological polar surface area (TPSA) is 81.7 Å². The molecule has 0 radical (unpaired) electrons. The summed E-state index contributed by atoms with van der Waals surface area (Å²) in [7, 11) is 0. The lowest BCUT2D eigenvalue weighted by Gasteiger charge is -2.06. The van der Waals surface area contributed by atoms with Crippen LogP contribution in [0.3, 0.4) is 0 Å². The molecule has 0 aliphatic rings. The number of thiophene rings is 1. The molecule has 0 fully saturated rings. The Hall–Kier alpha value is -2.15. The highest BCUT2D eigenvalue weighted by Gasteiger charge is 2.19. The van der Waals surface area contributed by atoms with Crippen LogP contribution < -0.4 is 5.32 Å². The molecule has 0 unspecified atom stereocenters. The number of hydrogen-bond acceptors (Lipinski definition) is 6. The summed E-state index contributed by atoms with van der Waals surface area (Å²) in [4.78, 5) is 36.0. The molecule has 0 saturated heterocycles. The summed E-state index contributed by atoms with van der Waals surface area (Å²) in [6.07, 6.45) is 4.37. The number of esters is 2. The number of amides is 1. The molecule has 0 aliphatic carbocycles. The van der Waals surface area contributed by atoms with Gasteiger partial charge >= 0.3 is 11.9 Å². The average molecular weight is 339 g/mol. The van der Waals surface area contributed by atoms with Gasteiger partial charge in [-0.05, 0) is 25.8 Å². The first-order valence-corrected chi connectivity index (χ1v) is 8.26. The highest BCUT2D eigenvalue weighted by atomic mass is 32.1. The van der Waals surface area contributed by atoms with E-state index in [1.54, 1.807) is 19.1 Å². The molecule has 1 N–H and O–H groups in total. The third-order valence-electron chi connectivity index (χ3n) is 2.72. The zero-order valence-electron chi connectivity index (χ0n) is 13.5. The van der Waals surface area contributed by atoms with Gasteiger partial charge in [0.05, 0.1) is 12.2 Å². The molecule has 0 atom stereocenters. The quantitative estimate of drug-likeness (QED) is 0.582. The van der Waals surface area contributed by atoms with Crippen molar-refractivity contribution < 1.29 is 23.9 Å². The first-order valence-electron chi connectivity index (χ1n) is 7.44. The Bertz CT molecular complexity index is 591. The molecule has 0 aliphatic heterocycles. The van der Waals surface area contributed by atoms with Gasteiger partial charge in [0.1, 0.15) is 5.00 Å². The summed E-state index contributed by atoms with van der Waals surface area (Å²) < 4.78 is 9.78. The smallest absolute Gasteiger partial charge is 0.341 e. The van der Waals surface area contributed by atoms with E-state index < -0.39 is 24.5 Å². The van der Waals surface area contributed by atoms with Gasteiger partial charge in [-0.1, -0.05) is 19.9 Å². The molecule has 23 heavy (non-hydrogen) atoms. The van der Waals surface area contributed by atoms with Gasteiger partial charge in [0.15, 0.2) is 6.61 Å². The first kappa shape index (κ1) is 18.9. The molecular weight excluding hydrogens is 318 g/mol. The Labute approximate surface area is 139 Å². The van der Waals surface area contributed by atoms with Crippen LogP contribution in [0.2, 0.25) is 0 Å². The standard InChI is InChI=1S/C16H21NO5S/c1-4-7-8-14(19)22-10-13(18)17-15-12(16(20)21-6-3)9-11(5-2)23-15/h7-9H,4-6,10H2,1-3H3,(H,17,18)/b8-7+. The van der Waals surface area contributed by atoms with E-state index in [-0.39, 0.29) is 6.61 Å². The maximum atomic E-state index is 11.9. The summed E-state index contributed by atoms with van der Waals surface area (Å²) in [5.41, 5.74) is 0.319. The molecule has 0 bridgehead atoms. The maximum absolute atomic E-state index is 11.9. The van der Waals surface area contributed by atoms with Crippen LogP contribution in [0.25, 0.3) is 0 Å². The fraction of sp³-hybridized carbons (Fsp3) is 0.438. The second-order valence-electron chi connectivity index (χ2n) is 4.50. The van der Waals surface area contributed by atoms with Gasteiger partial charge in [-0.3, -0.25) is 4.79 Å². The van der Waals surface area contributed by atoms with Gasteiger partial charge in [0, 0.05) is 11.0 Å². The number of carbonyl (C=O) groups excluding carboxylic acids is 3. The van der Waals surface area contributed by atoms with Crippen molar-refractivity contribution in [1.29, 1.82) is 0 Å². The molecule has 1 aromatic heterocycles. The molecule has 0 saturated carbocycles. The van der Waals surface area contributed by atoms with Crippen molar-refractivity contribution in [3.8, 4) is 0 Å². The molecule has 1 rings (SSSR count). The molecule has 126 valence electrons. The monoisotopic (exact) mass is 339 g/mol. The van der Waals surface area contributed by atoms with Gasteiger partial charge in [0.2, 0.25) is 0 Å². The van der Waals surface area contributed by atoms with Crippen LogP contribution >= 0.6 is 11.3 Å². The number of hydrogen-bond donors (Lipinski definition) is 1. The molecular formula is C16H21NO5S. The fourth-order valence-electron chi connectivity index (χ4n) is 1.63. The predicted molar refractivity (Wildman–Crippen MR) is 88.7 cm³/mol. The lowest BCUT2D eigenvalue weighted by Crippen LogP contribution is -2.21. The van der Waals surface area contributed by atoms with E-state index in [1.165, 1.54) is 17.4 Å². The summed E-state index contributed by atoms with van der Waals surface area (Å²) in [5.74, 6) is -1.56. The Morgan fingerprint density at radius 2 is 1.96 bits per heavy atom. The molecule has 6 nitrogen and oxygen atoms in total. The number of allylic oxidation sites excluding steroid dienone is 1. The third kappa shape index (κ3) is 6.23. The van der Waals surface area contributed by atoms with E-state index in [0.29, 0.717) is 17.0 Å². The Balaban J connectivity index is 2.70. The zero-order chi connectivity index (χ0) is 17.2. The van der Waals surface area contributed by atoms with E-state index in [9.17, 15) is 14.4 Å². The van der Waals surface area contributed by atoms with Crippen molar-refractivity contribution in [2.45, 2.75) is 33.6 Å². The number of rotatable bonds is 8. The number of anilines is 1. The molecule has 7 heteroatoms. The number of aryl methyl sites for hydroxylation is 1. The van der Waals surface area contributed by atoms with Crippen LogP contribution in [-0.2, 0) is 25.5 Å². The lowest BCUT2D eigenvalue weighted by atomic mass is 10.2. The summed E-state index contributed by atoms with van der Waals surface area (Å²) in [5, 5.41) is 3.00. The van der Waals surface area contributed by atoms with Gasteiger partial charge in [-0.15, -0.1) is 11.3 Å². The van der Waals surface area contributed by atoms with Crippen LogP contribution in [-0.4, -0.2) is 31.1 Å². The van der Waals surface area contributed by atoms with E-state index >= 15 is 0 Å². The van der Waals surface area contributed by atoms with Crippen molar-refractivity contribution in [3.63, 3.8) is 0 Å². The van der Waals surface area contributed by atoms with Gasteiger partial charge in [-0.25, -0.2) is 9.59 Å². The molecule has 1 aromatic rings. The largest absolute Gasteiger partial charge is 0.462 e. The van der Waals surface area contributed by atoms with Crippen molar-refractivity contribution in [1.82, 2.24) is 0 Å². The third-order valence-corrected chi connectivity index (χ3v) is 3.91. The fourth-order valence-corrected chi connectivity index (χ4v) is 2.63. The van der Waals surface area contributed by atoms with Crippen LogP contribution in [0, 0.1) is 0 Å². The van der Waals surface area contributed by atoms with E-state index in [0.717, 1.165) is 11.3 Å². The normalized spacial score (nSPS) is 10.6. The first-order chi connectivity index (χ1) is 11.0.